The highest BCUT2D eigenvalue weighted by molar-refractivity contribution is 7.15. The SMILES string of the molecule is O=C(COc1cc(Cl)ccc1Cl)Nc1nc2scc(-c3ccc(Cl)cc3Cl)n2n1. The Morgan fingerprint density at radius 3 is 2.62 bits per heavy atom. The Balaban J connectivity index is 1.49. The van der Waals surface area contributed by atoms with Crippen LogP contribution in [-0.2, 0) is 4.79 Å². The molecule has 0 bridgehead atoms. The summed E-state index contributed by atoms with van der Waals surface area (Å²) in [6.45, 7) is -0.275. The van der Waals surface area contributed by atoms with Gasteiger partial charge in [0.1, 0.15) is 5.75 Å². The van der Waals surface area contributed by atoms with Crippen LogP contribution < -0.4 is 10.1 Å². The Morgan fingerprint density at radius 2 is 1.83 bits per heavy atom. The molecule has 148 valence electrons. The van der Waals surface area contributed by atoms with E-state index in [4.69, 9.17) is 51.1 Å². The van der Waals surface area contributed by atoms with Gasteiger partial charge in [-0.05, 0) is 30.3 Å². The number of halogens is 4. The van der Waals surface area contributed by atoms with Crippen molar-refractivity contribution >= 4 is 74.6 Å². The van der Waals surface area contributed by atoms with E-state index >= 15 is 0 Å². The lowest BCUT2D eigenvalue weighted by Crippen LogP contribution is -2.21. The molecule has 29 heavy (non-hydrogen) atoms. The van der Waals surface area contributed by atoms with Crippen molar-refractivity contribution in [3.8, 4) is 17.0 Å². The molecule has 2 aromatic heterocycles. The van der Waals surface area contributed by atoms with E-state index in [1.807, 2.05) is 5.38 Å². The highest BCUT2D eigenvalue weighted by Gasteiger charge is 2.16. The summed E-state index contributed by atoms with van der Waals surface area (Å²) < 4.78 is 7.01. The van der Waals surface area contributed by atoms with Gasteiger partial charge < -0.3 is 4.74 Å². The van der Waals surface area contributed by atoms with Crippen molar-refractivity contribution in [2.24, 2.45) is 0 Å². The average Bonchev–Trinajstić information content (AvgIpc) is 3.23. The molecule has 11 heteroatoms. The van der Waals surface area contributed by atoms with Crippen molar-refractivity contribution < 1.29 is 9.53 Å². The molecular formula is C18H10Cl4N4O2S. The van der Waals surface area contributed by atoms with Gasteiger partial charge in [0.25, 0.3) is 11.9 Å². The number of fused-ring (bicyclic) bond motifs is 1. The van der Waals surface area contributed by atoms with Gasteiger partial charge >= 0.3 is 0 Å². The summed E-state index contributed by atoms with van der Waals surface area (Å²) in [5, 5.41) is 10.6. The standard InChI is InChI=1S/C18H10Cl4N4O2S/c19-9-1-3-11(13(22)5-9)14-8-29-18-24-17(25-26(14)18)23-16(27)7-28-15-6-10(20)2-4-12(15)21/h1-6,8H,7H2,(H,23,25,27). The normalized spacial score (nSPS) is 11.0. The van der Waals surface area contributed by atoms with Gasteiger partial charge in [0.05, 0.1) is 15.7 Å². The van der Waals surface area contributed by atoms with Gasteiger partial charge in [-0.3, -0.25) is 10.1 Å². The third kappa shape index (κ3) is 4.44. The molecule has 0 spiro atoms. The van der Waals surface area contributed by atoms with Crippen molar-refractivity contribution in [3.05, 3.63) is 61.9 Å². The van der Waals surface area contributed by atoms with Gasteiger partial charge in [0, 0.05) is 27.1 Å². The smallest absolute Gasteiger partial charge is 0.264 e. The lowest BCUT2D eigenvalue weighted by molar-refractivity contribution is -0.118. The minimum absolute atomic E-state index is 0.147. The van der Waals surface area contributed by atoms with Gasteiger partial charge in [0.2, 0.25) is 4.96 Å². The summed E-state index contributed by atoms with van der Waals surface area (Å²) in [6.07, 6.45) is 0. The maximum absolute atomic E-state index is 12.2. The summed E-state index contributed by atoms with van der Waals surface area (Å²) >= 11 is 25.5. The monoisotopic (exact) mass is 486 g/mol. The largest absolute Gasteiger partial charge is 0.482 e. The molecule has 2 heterocycles. The summed E-state index contributed by atoms with van der Waals surface area (Å²) in [6, 6.07) is 9.94. The number of rotatable bonds is 5. The molecule has 0 atom stereocenters. The maximum Gasteiger partial charge on any atom is 0.264 e. The van der Waals surface area contributed by atoms with Gasteiger partial charge in [-0.1, -0.05) is 46.4 Å². The van der Waals surface area contributed by atoms with Crippen molar-refractivity contribution in [1.82, 2.24) is 14.6 Å². The fourth-order valence-electron chi connectivity index (χ4n) is 2.51. The summed E-state index contributed by atoms with van der Waals surface area (Å²) in [5.41, 5.74) is 1.49. The molecule has 0 fully saturated rings. The predicted molar refractivity (Wildman–Crippen MR) is 117 cm³/mol. The zero-order valence-electron chi connectivity index (χ0n) is 14.3. The first kappa shape index (κ1) is 20.3. The van der Waals surface area contributed by atoms with E-state index < -0.39 is 5.91 Å². The molecular weight excluding hydrogens is 478 g/mol. The summed E-state index contributed by atoms with van der Waals surface area (Å²) in [4.78, 5) is 17.1. The van der Waals surface area contributed by atoms with Crippen LogP contribution in [0.1, 0.15) is 0 Å². The molecule has 2 aromatic carbocycles. The Kier molecular flexibility index (Phi) is 5.85. The number of ether oxygens (including phenoxy) is 1. The van der Waals surface area contributed by atoms with E-state index in [0.29, 0.717) is 30.8 Å². The third-order valence-corrected chi connectivity index (χ3v) is 5.70. The number of hydrogen-bond acceptors (Lipinski definition) is 5. The maximum atomic E-state index is 12.2. The average molecular weight is 488 g/mol. The number of hydrogen-bond donors (Lipinski definition) is 1. The lowest BCUT2D eigenvalue weighted by Gasteiger charge is -2.07. The fraction of sp³-hybridized carbons (Fsp3) is 0.0556. The van der Waals surface area contributed by atoms with Crippen molar-refractivity contribution in [1.29, 1.82) is 0 Å². The number of carbonyl (C=O) groups is 1. The Bertz CT molecular complexity index is 1220. The van der Waals surface area contributed by atoms with Crippen molar-refractivity contribution in [3.63, 3.8) is 0 Å². The molecule has 0 saturated carbocycles. The van der Waals surface area contributed by atoms with Crippen LogP contribution >= 0.6 is 57.7 Å². The zero-order chi connectivity index (χ0) is 20.5. The summed E-state index contributed by atoms with van der Waals surface area (Å²) in [7, 11) is 0. The Hall–Kier alpha value is -2.03. The molecule has 0 aliphatic rings. The first-order valence-corrected chi connectivity index (χ1v) is 10.5. The van der Waals surface area contributed by atoms with E-state index in [0.717, 1.165) is 11.3 Å². The van der Waals surface area contributed by atoms with Gasteiger partial charge in [-0.15, -0.1) is 16.4 Å². The number of aromatic nitrogens is 3. The molecule has 4 aromatic rings. The van der Waals surface area contributed by atoms with Crippen LogP contribution in [0.25, 0.3) is 16.2 Å². The highest BCUT2D eigenvalue weighted by Crippen LogP contribution is 2.33. The van der Waals surface area contributed by atoms with Crippen LogP contribution in [-0.4, -0.2) is 27.1 Å². The number of benzene rings is 2. The molecule has 0 saturated heterocycles. The summed E-state index contributed by atoms with van der Waals surface area (Å²) in [5.74, 6) is 0.0205. The van der Waals surface area contributed by atoms with E-state index in [9.17, 15) is 4.79 Å². The molecule has 0 aliphatic heterocycles. The van der Waals surface area contributed by atoms with E-state index in [1.54, 1.807) is 34.8 Å². The fourth-order valence-corrected chi connectivity index (χ4v) is 4.17. The third-order valence-electron chi connectivity index (χ3n) is 3.79. The minimum Gasteiger partial charge on any atom is -0.482 e. The number of nitrogens with zero attached hydrogens (tertiary/aromatic N) is 3. The van der Waals surface area contributed by atoms with Crippen LogP contribution in [0.2, 0.25) is 20.1 Å². The molecule has 0 aliphatic carbocycles. The predicted octanol–water partition coefficient (Wildman–Crippen LogP) is 6.09. The highest BCUT2D eigenvalue weighted by atomic mass is 35.5. The van der Waals surface area contributed by atoms with Gasteiger partial charge in [-0.2, -0.15) is 4.98 Å². The van der Waals surface area contributed by atoms with Crippen LogP contribution in [0.5, 0.6) is 5.75 Å². The number of nitrogens with one attached hydrogen (secondary N) is 1. The van der Waals surface area contributed by atoms with Crippen molar-refractivity contribution in [2.45, 2.75) is 0 Å². The van der Waals surface area contributed by atoms with Gasteiger partial charge in [0.15, 0.2) is 6.61 Å². The topological polar surface area (TPSA) is 68.5 Å². The first-order chi connectivity index (χ1) is 13.9. The quantitative estimate of drug-likeness (QED) is 0.369. The van der Waals surface area contributed by atoms with E-state index in [1.165, 1.54) is 17.4 Å². The second-order valence-corrected chi connectivity index (χ2v) is 8.31. The second kappa shape index (κ2) is 8.38. The van der Waals surface area contributed by atoms with E-state index in [2.05, 4.69) is 15.4 Å². The van der Waals surface area contributed by atoms with Crippen LogP contribution in [0.15, 0.2) is 41.8 Å². The van der Waals surface area contributed by atoms with Crippen LogP contribution in [0.3, 0.4) is 0 Å². The molecule has 1 N–H and O–H groups in total. The molecule has 0 unspecified atom stereocenters. The number of thiazole rings is 1. The first-order valence-electron chi connectivity index (χ1n) is 8.08. The van der Waals surface area contributed by atoms with E-state index in [-0.39, 0.29) is 12.6 Å². The number of anilines is 1. The number of amides is 1. The molecule has 0 radical (unpaired) electrons. The zero-order valence-corrected chi connectivity index (χ0v) is 18.2. The Labute approximate surface area is 188 Å². The van der Waals surface area contributed by atoms with Crippen LogP contribution in [0, 0.1) is 0 Å². The molecule has 1 amide bonds. The number of carbonyl (C=O) groups excluding carboxylic acids is 1. The molecule has 6 nitrogen and oxygen atoms in total. The second-order valence-electron chi connectivity index (χ2n) is 5.79. The van der Waals surface area contributed by atoms with Gasteiger partial charge in [-0.25, -0.2) is 4.52 Å². The van der Waals surface area contributed by atoms with Crippen LogP contribution in [0.4, 0.5) is 5.95 Å². The lowest BCUT2D eigenvalue weighted by atomic mass is 10.2. The van der Waals surface area contributed by atoms with Crippen molar-refractivity contribution in [2.75, 3.05) is 11.9 Å². The Morgan fingerprint density at radius 1 is 1.07 bits per heavy atom. The molecule has 4 rings (SSSR count). The minimum atomic E-state index is -0.439.